The van der Waals surface area contributed by atoms with Gasteiger partial charge in [0, 0.05) is 6.61 Å². The second-order valence-corrected chi connectivity index (χ2v) is 2.78. The van der Waals surface area contributed by atoms with E-state index in [9.17, 15) is 0 Å². The maximum absolute atomic E-state index is 5.52. The lowest BCUT2D eigenvalue weighted by atomic mass is 10.1. The van der Waals surface area contributed by atoms with E-state index in [2.05, 4.69) is 6.92 Å². The van der Waals surface area contributed by atoms with Gasteiger partial charge in [-0.05, 0) is 25.7 Å². The minimum absolute atomic E-state index is 0. The highest BCUT2D eigenvalue weighted by Crippen LogP contribution is 2.16. The fraction of sp³-hybridized carbons (Fsp3) is 1.00. The SMILES string of the molecule is CCCC1CCCCO1.[AlH3]. The van der Waals surface area contributed by atoms with Gasteiger partial charge in [-0.1, -0.05) is 13.3 Å². The topological polar surface area (TPSA) is 9.23 Å². The lowest BCUT2D eigenvalue weighted by Crippen LogP contribution is -2.18. The molecule has 0 saturated carbocycles. The first-order valence-electron chi connectivity index (χ1n) is 4.05. The van der Waals surface area contributed by atoms with E-state index in [1.54, 1.807) is 0 Å². The fourth-order valence-corrected chi connectivity index (χ4v) is 1.36. The van der Waals surface area contributed by atoms with Crippen molar-refractivity contribution in [3.63, 3.8) is 0 Å². The van der Waals surface area contributed by atoms with Gasteiger partial charge in [-0.2, -0.15) is 0 Å². The fourth-order valence-electron chi connectivity index (χ4n) is 1.36. The first-order chi connectivity index (χ1) is 4.43. The first kappa shape index (κ1) is 10.5. The summed E-state index contributed by atoms with van der Waals surface area (Å²) in [7, 11) is 0. The van der Waals surface area contributed by atoms with Crippen molar-refractivity contribution < 1.29 is 4.74 Å². The monoisotopic (exact) mass is 158 g/mol. The molecule has 1 heterocycles. The van der Waals surface area contributed by atoms with Crippen molar-refractivity contribution in [2.75, 3.05) is 6.61 Å². The van der Waals surface area contributed by atoms with Crippen LogP contribution >= 0.6 is 0 Å². The van der Waals surface area contributed by atoms with Crippen LogP contribution in [0.15, 0.2) is 0 Å². The highest BCUT2D eigenvalue weighted by Gasteiger charge is 2.11. The normalized spacial score (nSPS) is 25.5. The van der Waals surface area contributed by atoms with E-state index in [0.717, 1.165) is 6.61 Å². The summed E-state index contributed by atoms with van der Waals surface area (Å²) in [6.07, 6.45) is 7.09. The van der Waals surface area contributed by atoms with Crippen LogP contribution in [0.2, 0.25) is 0 Å². The summed E-state index contributed by atoms with van der Waals surface area (Å²) in [5, 5.41) is 0. The molecule has 2 heteroatoms. The van der Waals surface area contributed by atoms with Crippen molar-refractivity contribution >= 4 is 17.4 Å². The number of hydrogen-bond acceptors (Lipinski definition) is 1. The summed E-state index contributed by atoms with van der Waals surface area (Å²) in [6, 6.07) is 0. The Morgan fingerprint density at radius 3 is 2.70 bits per heavy atom. The van der Waals surface area contributed by atoms with Crippen molar-refractivity contribution in [3.8, 4) is 0 Å². The summed E-state index contributed by atoms with van der Waals surface area (Å²) in [6.45, 7) is 3.22. The average molecular weight is 158 g/mol. The molecular weight excluding hydrogens is 139 g/mol. The van der Waals surface area contributed by atoms with Crippen LogP contribution in [-0.2, 0) is 4.74 Å². The molecule has 1 rings (SSSR count). The summed E-state index contributed by atoms with van der Waals surface area (Å²) < 4.78 is 5.52. The van der Waals surface area contributed by atoms with Gasteiger partial charge in [0.25, 0.3) is 0 Å². The number of rotatable bonds is 2. The van der Waals surface area contributed by atoms with Crippen molar-refractivity contribution in [2.45, 2.75) is 45.1 Å². The van der Waals surface area contributed by atoms with Gasteiger partial charge in [-0.3, -0.25) is 0 Å². The van der Waals surface area contributed by atoms with Crippen LogP contribution in [-0.4, -0.2) is 30.1 Å². The molecule has 1 unspecified atom stereocenters. The van der Waals surface area contributed by atoms with E-state index in [-0.39, 0.29) is 17.4 Å². The standard InChI is InChI=1S/C8H16O.Al.3H/c1-2-5-8-6-3-4-7-9-8;;;;/h8H,2-7H2,1H3;;;;. The number of hydrogen-bond donors (Lipinski definition) is 0. The molecule has 1 fully saturated rings. The van der Waals surface area contributed by atoms with Crippen LogP contribution in [0.25, 0.3) is 0 Å². The zero-order valence-electron chi connectivity index (χ0n) is 6.23. The molecule has 1 atom stereocenters. The van der Waals surface area contributed by atoms with Crippen LogP contribution in [0.3, 0.4) is 0 Å². The predicted octanol–water partition coefficient (Wildman–Crippen LogP) is 1.17. The third kappa shape index (κ3) is 3.61. The molecule has 0 N–H and O–H groups in total. The average Bonchev–Trinajstić information content (AvgIpc) is 1.91. The number of ether oxygens (including phenoxy) is 1. The molecule has 1 aliphatic heterocycles. The van der Waals surface area contributed by atoms with Crippen LogP contribution in [0.1, 0.15) is 39.0 Å². The Bertz CT molecular complexity index is 66.9. The summed E-state index contributed by atoms with van der Waals surface area (Å²) in [5.41, 5.74) is 0. The predicted molar refractivity (Wildman–Crippen MR) is 48.4 cm³/mol. The Labute approximate surface area is 74.3 Å². The maximum atomic E-state index is 5.52. The van der Waals surface area contributed by atoms with E-state index in [1.807, 2.05) is 0 Å². The molecule has 0 aromatic carbocycles. The molecule has 60 valence electrons. The second kappa shape index (κ2) is 6.22. The molecule has 0 aromatic rings. The molecule has 0 amide bonds. The lowest BCUT2D eigenvalue weighted by Gasteiger charge is -2.21. The Kier molecular flexibility index (Phi) is 6.52. The van der Waals surface area contributed by atoms with Gasteiger partial charge in [0.05, 0.1) is 6.10 Å². The largest absolute Gasteiger partial charge is 0.378 e. The van der Waals surface area contributed by atoms with E-state index >= 15 is 0 Å². The van der Waals surface area contributed by atoms with Crippen LogP contribution in [0, 0.1) is 0 Å². The van der Waals surface area contributed by atoms with Gasteiger partial charge in [-0.25, -0.2) is 0 Å². The molecule has 0 aliphatic carbocycles. The van der Waals surface area contributed by atoms with Crippen LogP contribution < -0.4 is 0 Å². The van der Waals surface area contributed by atoms with Crippen molar-refractivity contribution in [1.82, 2.24) is 0 Å². The highest BCUT2D eigenvalue weighted by atomic mass is 27.0. The highest BCUT2D eigenvalue weighted by molar-refractivity contribution is 5.75. The smallest absolute Gasteiger partial charge is 0.187 e. The second-order valence-electron chi connectivity index (χ2n) is 2.78. The van der Waals surface area contributed by atoms with Gasteiger partial charge in [-0.15, -0.1) is 0 Å². The first-order valence-corrected chi connectivity index (χ1v) is 4.05. The Morgan fingerprint density at radius 2 is 2.20 bits per heavy atom. The Hall–Kier alpha value is 0.492. The molecule has 10 heavy (non-hydrogen) atoms. The molecule has 0 aromatic heterocycles. The van der Waals surface area contributed by atoms with E-state index in [4.69, 9.17) is 4.74 Å². The van der Waals surface area contributed by atoms with Gasteiger partial charge in [0.15, 0.2) is 17.4 Å². The quantitative estimate of drug-likeness (QED) is 0.548. The Balaban J connectivity index is 0.000000810. The summed E-state index contributed by atoms with van der Waals surface area (Å²) >= 11 is 0. The Morgan fingerprint density at radius 1 is 1.40 bits per heavy atom. The minimum atomic E-state index is 0. The van der Waals surface area contributed by atoms with Gasteiger partial charge >= 0.3 is 0 Å². The zero-order chi connectivity index (χ0) is 6.53. The molecule has 1 saturated heterocycles. The van der Waals surface area contributed by atoms with Crippen molar-refractivity contribution in [1.29, 1.82) is 0 Å². The molecule has 0 spiro atoms. The van der Waals surface area contributed by atoms with E-state index in [1.165, 1.54) is 32.1 Å². The van der Waals surface area contributed by atoms with Crippen molar-refractivity contribution in [3.05, 3.63) is 0 Å². The van der Waals surface area contributed by atoms with E-state index in [0.29, 0.717) is 6.10 Å². The van der Waals surface area contributed by atoms with Gasteiger partial charge in [0.2, 0.25) is 0 Å². The van der Waals surface area contributed by atoms with E-state index < -0.39 is 0 Å². The molecule has 1 aliphatic rings. The van der Waals surface area contributed by atoms with Gasteiger partial charge < -0.3 is 4.74 Å². The van der Waals surface area contributed by atoms with Crippen molar-refractivity contribution in [2.24, 2.45) is 0 Å². The lowest BCUT2D eigenvalue weighted by molar-refractivity contribution is 0.0109. The minimum Gasteiger partial charge on any atom is -0.378 e. The zero-order valence-corrected chi connectivity index (χ0v) is 6.23. The maximum Gasteiger partial charge on any atom is 0.187 e. The third-order valence-corrected chi connectivity index (χ3v) is 1.88. The summed E-state index contributed by atoms with van der Waals surface area (Å²) in [4.78, 5) is 0. The third-order valence-electron chi connectivity index (χ3n) is 1.88. The van der Waals surface area contributed by atoms with Gasteiger partial charge in [0.1, 0.15) is 0 Å². The molecule has 0 radical (unpaired) electrons. The summed E-state index contributed by atoms with van der Waals surface area (Å²) in [5.74, 6) is 0. The van der Waals surface area contributed by atoms with Crippen LogP contribution in [0.4, 0.5) is 0 Å². The van der Waals surface area contributed by atoms with Crippen LogP contribution in [0.5, 0.6) is 0 Å². The molecular formula is C8H19AlO. The molecule has 0 bridgehead atoms. The molecule has 1 nitrogen and oxygen atoms in total.